The number of pyridine rings is 1. The van der Waals surface area contributed by atoms with Crippen molar-refractivity contribution in [1.29, 1.82) is 0 Å². The fraction of sp³-hybridized carbons (Fsp3) is 0.444. The Labute approximate surface area is 66.9 Å². The maximum Gasteiger partial charge on any atom is 0.0827 e. The van der Waals surface area contributed by atoms with E-state index in [4.69, 9.17) is 0 Å². The number of aliphatic hydroxyl groups excluding tert-OH is 1. The molecule has 1 aromatic rings. The number of aliphatic hydroxyl groups is 1. The van der Waals surface area contributed by atoms with Crippen LogP contribution in [-0.2, 0) is 0 Å². The fourth-order valence-electron chi connectivity index (χ4n) is 0.936. The van der Waals surface area contributed by atoms with Crippen molar-refractivity contribution in [3.8, 4) is 0 Å². The molecule has 0 saturated heterocycles. The Morgan fingerprint density at radius 1 is 1.45 bits per heavy atom. The number of aromatic nitrogens is 1. The Hall–Kier alpha value is -0.890. The van der Waals surface area contributed by atoms with Crippen LogP contribution in [0.25, 0.3) is 0 Å². The lowest BCUT2D eigenvalue weighted by molar-refractivity contribution is 0.126. The summed E-state index contributed by atoms with van der Waals surface area (Å²) in [6.07, 6.45) is 3.02. The van der Waals surface area contributed by atoms with Gasteiger partial charge in [-0.2, -0.15) is 0 Å². The van der Waals surface area contributed by atoms with E-state index >= 15 is 0 Å². The third-order valence-electron chi connectivity index (χ3n) is 1.66. The first-order chi connectivity index (χ1) is 5.22. The predicted molar refractivity (Wildman–Crippen MR) is 44.0 cm³/mol. The fourth-order valence-corrected chi connectivity index (χ4v) is 0.936. The molecule has 11 heavy (non-hydrogen) atoms. The third kappa shape index (κ3) is 2.02. The van der Waals surface area contributed by atoms with E-state index in [0.717, 1.165) is 5.56 Å². The van der Waals surface area contributed by atoms with Crippen LogP contribution in [0.3, 0.4) is 0 Å². The molecule has 2 nitrogen and oxygen atoms in total. The topological polar surface area (TPSA) is 33.1 Å². The summed E-state index contributed by atoms with van der Waals surface area (Å²) in [5, 5.41) is 9.56. The summed E-state index contributed by atoms with van der Waals surface area (Å²) in [7, 11) is 0. The van der Waals surface area contributed by atoms with E-state index in [9.17, 15) is 5.11 Å². The van der Waals surface area contributed by atoms with Gasteiger partial charge in [0.2, 0.25) is 0 Å². The van der Waals surface area contributed by atoms with E-state index < -0.39 is 0 Å². The van der Waals surface area contributed by atoms with E-state index in [1.807, 2.05) is 26.0 Å². The van der Waals surface area contributed by atoms with Gasteiger partial charge < -0.3 is 5.11 Å². The molecule has 0 aliphatic carbocycles. The standard InChI is InChI=1S/C9H13NO/c1-7(2)9(11)8-4-3-5-10-6-8/h3-7,9,11H,1-2H3. The predicted octanol–water partition coefficient (Wildman–Crippen LogP) is 1.77. The van der Waals surface area contributed by atoms with Crippen molar-refractivity contribution in [1.82, 2.24) is 4.98 Å². The molecule has 1 atom stereocenters. The van der Waals surface area contributed by atoms with Crippen LogP contribution in [-0.4, -0.2) is 10.1 Å². The maximum atomic E-state index is 9.56. The monoisotopic (exact) mass is 151 g/mol. The SMILES string of the molecule is CC(C)C(O)c1cccnc1. The first kappa shape index (κ1) is 8.21. The van der Waals surface area contributed by atoms with Gasteiger partial charge in [0.05, 0.1) is 6.10 Å². The summed E-state index contributed by atoms with van der Waals surface area (Å²) in [4.78, 5) is 3.93. The van der Waals surface area contributed by atoms with Gasteiger partial charge in [0.1, 0.15) is 0 Å². The molecule has 1 aromatic heterocycles. The molecule has 60 valence electrons. The Bertz CT molecular complexity index is 208. The second kappa shape index (κ2) is 3.49. The molecule has 0 spiro atoms. The highest BCUT2D eigenvalue weighted by Crippen LogP contribution is 2.19. The average molecular weight is 151 g/mol. The van der Waals surface area contributed by atoms with Crippen molar-refractivity contribution < 1.29 is 5.11 Å². The maximum absolute atomic E-state index is 9.56. The van der Waals surface area contributed by atoms with Crippen LogP contribution in [0.4, 0.5) is 0 Å². The summed E-state index contributed by atoms with van der Waals surface area (Å²) in [6.45, 7) is 3.97. The van der Waals surface area contributed by atoms with Gasteiger partial charge >= 0.3 is 0 Å². The number of nitrogens with zero attached hydrogens (tertiary/aromatic N) is 1. The van der Waals surface area contributed by atoms with Crippen molar-refractivity contribution >= 4 is 0 Å². The summed E-state index contributed by atoms with van der Waals surface area (Å²) in [6, 6.07) is 3.72. The third-order valence-corrected chi connectivity index (χ3v) is 1.66. The van der Waals surface area contributed by atoms with Gasteiger partial charge in [0.15, 0.2) is 0 Å². The minimum absolute atomic E-state index is 0.249. The number of hydrogen-bond acceptors (Lipinski definition) is 2. The minimum Gasteiger partial charge on any atom is -0.388 e. The smallest absolute Gasteiger partial charge is 0.0827 e. The van der Waals surface area contributed by atoms with Crippen molar-refractivity contribution in [2.24, 2.45) is 5.92 Å². The molecular weight excluding hydrogens is 138 g/mol. The molecule has 1 unspecified atom stereocenters. The second-order valence-corrected chi connectivity index (χ2v) is 2.98. The van der Waals surface area contributed by atoms with E-state index in [1.165, 1.54) is 0 Å². The average Bonchev–Trinajstić information content (AvgIpc) is 2.05. The largest absolute Gasteiger partial charge is 0.388 e. The molecule has 0 aliphatic heterocycles. The molecule has 0 aromatic carbocycles. The van der Waals surface area contributed by atoms with Crippen molar-refractivity contribution in [2.75, 3.05) is 0 Å². The Balaban J connectivity index is 2.77. The molecule has 0 fully saturated rings. The molecule has 0 aliphatic rings. The van der Waals surface area contributed by atoms with Crippen LogP contribution < -0.4 is 0 Å². The Morgan fingerprint density at radius 3 is 2.64 bits per heavy atom. The lowest BCUT2D eigenvalue weighted by atomic mass is 10.0. The van der Waals surface area contributed by atoms with Crippen molar-refractivity contribution in [3.63, 3.8) is 0 Å². The number of rotatable bonds is 2. The van der Waals surface area contributed by atoms with Gasteiger partial charge in [-0.05, 0) is 17.5 Å². The van der Waals surface area contributed by atoms with Crippen LogP contribution >= 0.6 is 0 Å². The molecule has 1 N–H and O–H groups in total. The summed E-state index contributed by atoms with van der Waals surface area (Å²) in [5.74, 6) is 0.249. The molecule has 0 amide bonds. The van der Waals surface area contributed by atoms with Crippen molar-refractivity contribution in [2.45, 2.75) is 20.0 Å². The van der Waals surface area contributed by atoms with E-state index in [1.54, 1.807) is 12.4 Å². The molecule has 1 heterocycles. The lowest BCUT2D eigenvalue weighted by Crippen LogP contribution is -2.05. The molecule has 0 saturated carbocycles. The van der Waals surface area contributed by atoms with Crippen LogP contribution in [0.15, 0.2) is 24.5 Å². The van der Waals surface area contributed by atoms with Crippen LogP contribution in [0, 0.1) is 5.92 Å². The van der Waals surface area contributed by atoms with Gasteiger partial charge in [-0.15, -0.1) is 0 Å². The van der Waals surface area contributed by atoms with Gasteiger partial charge in [0.25, 0.3) is 0 Å². The first-order valence-corrected chi connectivity index (χ1v) is 3.80. The minimum atomic E-state index is -0.385. The molecule has 2 heteroatoms. The lowest BCUT2D eigenvalue weighted by Gasteiger charge is -2.13. The van der Waals surface area contributed by atoms with E-state index in [-0.39, 0.29) is 12.0 Å². The highest BCUT2D eigenvalue weighted by molar-refractivity contribution is 5.11. The van der Waals surface area contributed by atoms with Gasteiger partial charge in [-0.1, -0.05) is 19.9 Å². The zero-order valence-corrected chi connectivity index (χ0v) is 6.86. The van der Waals surface area contributed by atoms with Crippen molar-refractivity contribution in [3.05, 3.63) is 30.1 Å². The van der Waals surface area contributed by atoms with E-state index in [2.05, 4.69) is 4.98 Å². The number of hydrogen-bond donors (Lipinski definition) is 1. The zero-order chi connectivity index (χ0) is 8.27. The van der Waals surface area contributed by atoms with Gasteiger partial charge in [-0.3, -0.25) is 4.98 Å². The summed E-state index contributed by atoms with van der Waals surface area (Å²) < 4.78 is 0. The van der Waals surface area contributed by atoms with Gasteiger partial charge in [0, 0.05) is 12.4 Å². The molecular formula is C9H13NO. The van der Waals surface area contributed by atoms with Gasteiger partial charge in [-0.25, -0.2) is 0 Å². The Kier molecular flexibility index (Phi) is 2.60. The summed E-state index contributed by atoms with van der Waals surface area (Å²) in [5.41, 5.74) is 0.891. The van der Waals surface area contributed by atoms with E-state index in [0.29, 0.717) is 0 Å². The quantitative estimate of drug-likeness (QED) is 0.698. The van der Waals surface area contributed by atoms with Crippen LogP contribution in [0.2, 0.25) is 0 Å². The highest BCUT2D eigenvalue weighted by Gasteiger charge is 2.10. The molecule has 1 rings (SSSR count). The normalized spacial score (nSPS) is 13.5. The summed E-state index contributed by atoms with van der Waals surface area (Å²) >= 11 is 0. The van der Waals surface area contributed by atoms with Crippen LogP contribution in [0.1, 0.15) is 25.5 Å². The second-order valence-electron chi connectivity index (χ2n) is 2.98. The molecule has 0 radical (unpaired) electrons. The zero-order valence-electron chi connectivity index (χ0n) is 6.86. The van der Waals surface area contributed by atoms with Crippen LogP contribution in [0.5, 0.6) is 0 Å². The first-order valence-electron chi connectivity index (χ1n) is 3.80. The molecule has 0 bridgehead atoms. The highest BCUT2D eigenvalue weighted by atomic mass is 16.3. The Morgan fingerprint density at radius 2 is 2.18 bits per heavy atom.